The maximum Gasteiger partial charge on any atom is 0.306 e. The summed E-state index contributed by atoms with van der Waals surface area (Å²) in [5.41, 5.74) is 0. The SMILES string of the molecule is CCC/C=C\CCCCCCCC(=O)OCC(COC1OC(CS(=O)(=O)O)C(O)C(O)C1O)OC(=O)CCCCCCC/C=C\C/C=C\CCCCCC. The van der Waals surface area contributed by atoms with Crippen molar-refractivity contribution in [2.24, 2.45) is 0 Å². The predicted molar refractivity (Wildman–Crippen MR) is 210 cm³/mol. The Hall–Kier alpha value is -2.13. The fourth-order valence-electron chi connectivity index (χ4n) is 5.94. The van der Waals surface area contributed by atoms with E-state index in [9.17, 15) is 37.9 Å². The summed E-state index contributed by atoms with van der Waals surface area (Å²) in [6, 6.07) is 0. The molecule has 1 heterocycles. The van der Waals surface area contributed by atoms with E-state index in [4.69, 9.17) is 18.9 Å². The van der Waals surface area contributed by atoms with Crippen LogP contribution in [0.5, 0.6) is 0 Å². The van der Waals surface area contributed by atoms with Crippen molar-refractivity contribution in [2.75, 3.05) is 19.0 Å². The van der Waals surface area contributed by atoms with Gasteiger partial charge in [-0.15, -0.1) is 0 Å². The summed E-state index contributed by atoms with van der Waals surface area (Å²) in [5.74, 6) is -2.02. The second-order valence-electron chi connectivity index (χ2n) is 14.3. The Morgan fingerprint density at radius 3 is 1.72 bits per heavy atom. The zero-order valence-corrected chi connectivity index (χ0v) is 33.9. The van der Waals surface area contributed by atoms with Gasteiger partial charge in [-0.05, 0) is 64.2 Å². The first-order valence-electron chi connectivity index (χ1n) is 20.5. The minimum atomic E-state index is -4.60. The van der Waals surface area contributed by atoms with E-state index < -0.39 is 71.2 Å². The van der Waals surface area contributed by atoms with E-state index in [2.05, 4.69) is 50.3 Å². The van der Waals surface area contributed by atoms with Crippen molar-refractivity contribution >= 4 is 22.1 Å². The number of ether oxygens (including phenoxy) is 4. The molecular formula is C41H72O12S. The van der Waals surface area contributed by atoms with Gasteiger partial charge in [0.25, 0.3) is 10.1 Å². The number of hydrogen-bond donors (Lipinski definition) is 4. The fourth-order valence-corrected chi connectivity index (χ4v) is 6.63. The molecule has 0 aromatic heterocycles. The lowest BCUT2D eigenvalue weighted by molar-refractivity contribution is -0.297. The molecule has 6 atom stereocenters. The molecular weight excluding hydrogens is 717 g/mol. The molecule has 0 aromatic rings. The average molecular weight is 789 g/mol. The lowest BCUT2D eigenvalue weighted by Gasteiger charge is -2.40. The van der Waals surface area contributed by atoms with E-state index in [-0.39, 0.29) is 19.4 Å². The number of aliphatic hydroxyl groups excluding tert-OH is 3. The third-order valence-corrected chi connectivity index (χ3v) is 9.92. The first-order chi connectivity index (χ1) is 26.0. The molecule has 1 aliphatic rings. The quantitative estimate of drug-likeness (QED) is 0.0223. The molecule has 4 N–H and O–H groups in total. The van der Waals surface area contributed by atoms with Gasteiger partial charge in [0, 0.05) is 12.8 Å². The van der Waals surface area contributed by atoms with Crippen LogP contribution < -0.4 is 0 Å². The first kappa shape index (κ1) is 49.9. The molecule has 314 valence electrons. The molecule has 0 aliphatic carbocycles. The Morgan fingerprint density at radius 1 is 0.630 bits per heavy atom. The van der Waals surface area contributed by atoms with Crippen LogP contribution in [0, 0.1) is 0 Å². The lowest BCUT2D eigenvalue weighted by atomic mass is 10.00. The van der Waals surface area contributed by atoms with E-state index in [1.165, 1.54) is 25.7 Å². The third-order valence-electron chi connectivity index (χ3n) is 9.17. The van der Waals surface area contributed by atoms with Crippen LogP contribution in [0.3, 0.4) is 0 Å². The van der Waals surface area contributed by atoms with E-state index >= 15 is 0 Å². The number of aliphatic hydroxyl groups is 3. The minimum Gasteiger partial charge on any atom is -0.462 e. The molecule has 13 heteroatoms. The van der Waals surface area contributed by atoms with Gasteiger partial charge in [0.2, 0.25) is 0 Å². The largest absolute Gasteiger partial charge is 0.462 e. The summed E-state index contributed by atoms with van der Waals surface area (Å²) in [6.45, 7) is 3.63. The number of esters is 2. The summed E-state index contributed by atoms with van der Waals surface area (Å²) in [7, 11) is -4.60. The average Bonchev–Trinajstić information content (AvgIpc) is 3.13. The van der Waals surface area contributed by atoms with Gasteiger partial charge in [-0.1, -0.05) is 115 Å². The van der Waals surface area contributed by atoms with Crippen LogP contribution in [-0.4, -0.2) is 96.0 Å². The zero-order valence-electron chi connectivity index (χ0n) is 33.1. The van der Waals surface area contributed by atoms with E-state index in [1.54, 1.807) is 0 Å². The van der Waals surface area contributed by atoms with Crippen LogP contribution in [0.25, 0.3) is 0 Å². The molecule has 0 bridgehead atoms. The molecule has 0 spiro atoms. The summed E-state index contributed by atoms with van der Waals surface area (Å²) >= 11 is 0. The third kappa shape index (κ3) is 26.6. The van der Waals surface area contributed by atoms with Crippen molar-refractivity contribution in [1.29, 1.82) is 0 Å². The molecule has 0 radical (unpaired) electrons. The highest BCUT2D eigenvalue weighted by molar-refractivity contribution is 7.85. The van der Waals surface area contributed by atoms with E-state index in [0.717, 1.165) is 89.9 Å². The van der Waals surface area contributed by atoms with Gasteiger partial charge in [-0.2, -0.15) is 8.42 Å². The van der Waals surface area contributed by atoms with Crippen molar-refractivity contribution < 1.29 is 56.8 Å². The normalized spacial score (nSPS) is 21.3. The molecule has 6 unspecified atom stereocenters. The van der Waals surface area contributed by atoms with Crippen LogP contribution in [0.15, 0.2) is 36.5 Å². The smallest absolute Gasteiger partial charge is 0.306 e. The Kier molecular flexibility index (Phi) is 29.6. The van der Waals surface area contributed by atoms with E-state index in [1.807, 2.05) is 0 Å². The number of rotatable bonds is 33. The van der Waals surface area contributed by atoms with Crippen molar-refractivity contribution in [2.45, 2.75) is 192 Å². The van der Waals surface area contributed by atoms with Crippen LogP contribution in [0.4, 0.5) is 0 Å². The van der Waals surface area contributed by atoms with Gasteiger partial charge < -0.3 is 34.3 Å². The van der Waals surface area contributed by atoms with Gasteiger partial charge in [-0.3, -0.25) is 14.1 Å². The van der Waals surface area contributed by atoms with E-state index in [0.29, 0.717) is 12.8 Å². The Bertz CT molecular complexity index is 1150. The van der Waals surface area contributed by atoms with Crippen molar-refractivity contribution in [1.82, 2.24) is 0 Å². The summed E-state index contributed by atoms with van der Waals surface area (Å²) in [5, 5.41) is 30.8. The summed E-state index contributed by atoms with van der Waals surface area (Å²) in [6.07, 6.45) is 24.9. The lowest BCUT2D eigenvalue weighted by Crippen LogP contribution is -2.60. The van der Waals surface area contributed by atoms with Crippen molar-refractivity contribution in [3.63, 3.8) is 0 Å². The molecule has 12 nitrogen and oxygen atoms in total. The van der Waals surface area contributed by atoms with Crippen molar-refractivity contribution in [3.05, 3.63) is 36.5 Å². The molecule has 54 heavy (non-hydrogen) atoms. The minimum absolute atomic E-state index is 0.146. The topological polar surface area (TPSA) is 186 Å². The van der Waals surface area contributed by atoms with Crippen LogP contribution >= 0.6 is 0 Å². The summed E-state index contributed by atoms with van der Waals surface area (Å²) in [4.78, 5) is 25.2. The number of carbonyl (C=O) groups excluding carboxylic acids is 2. The second-order valence-corrected chi connectivity index (χ2v) is 15.8. The maximum atomic E-state index is 12.8. The summed E-state index contributed by atoms with van der Waals surface area (Å²) < 4.78 is 53.8. The highest BCUT2D eigenvalue weighted by atomic mass is 32.2. The van der Waals surface area contributed by atoms with Gasteiger partial charge in [-0.25, -0.2) is 0 Å². The second kappa shape index (κ2) is 32.0. The fraction of sp³-hybridized carbons (Fsp3) is 0.805. The van der Waals surface area contributed by atoms with Gasteiger partial charge >= 0.3 is 11.9 Å². The highest BCUT2D eigenvalue weighted by Gasteiger charge is 2.46. The van der Waals surface area contributed by atoms with Gasteiger partial charge in [0.1, 0.15) is 36.8 Å². The molecule has 1 rings (SSSR count). The number of unbranched alkanes of at least 4 members (excludes halogenated alkanes) is 15. The standard InChI is InChI=1S/C41H72O12S/c1-3-5-7-9-11-13-15-16-17-18-19-20-22-24-26-28-30-37(43)52-34(31-50-36(42)29-27-25-23-21-14-12-10-8-6-4-2)32-51-41-40(46)39(45)38(44)35(53-41)33-54(47,48)49/h8,10,13,15,17-18,34-35,38-41,44-46H,3-7,9,11-12,14,16,19-33H2,1-2H3,(H,47,48,49)/b10-8-,15-13-,18-17-. The number of carbonyl (C=O) groups is 2. The molecule has 0 saturated carbocycles. The number of allylic oxidation sites excluding steroid dienone is 6. The first-order valence-corrected chi connectivity index (χ1v) is 22.2. The highest BCUT2D eigenvalue weighted by Crippen LogP contribution is 2.24. The van der Waals surface area contributed by atoms with Gasteiger partial charge in [0.15, 0.2) is 12.4 Å². The van der Waals surface area contributed by atoms with Gasteiger partial charge in [0.05, 0.1) is 6.61 Å². The maximum absolute atomic E-state index is 12.8. The van der Waals surface area contributed by atoms with Crippen LogP contribution in [-0.2, 0) is 38.7 Å². The Morgan fingerprint density at radius 2 is 1.15 bits per heavy atom. The predicted octanol–water partition coefficient (Wildman–Crippen LogP) is 7.44. The van der Waals surface area contributed by atoms with Crippen molar-refractivity contribution in [3.8, 4) is 0 Å². The van der Waals surface area contributed by atoms with Crippen LogP contribution in [0.2, 0.25) is 0 Å². The Labute approximate surface area is 325 Å². The Balaban J connectivity index is 2.51. The molecule has 0 aromatic carbocycles. The molecule has 0 amide bonds. The monoisotopic (exact) mass is 788 g/mol. The zero-order chi connectivity index (χ0) is 39.9. The number of hydrogen-bond acceptors (Lipinski definition) is 11. The molecule has 1 saturated heterocycles. The molecule has 1 fully saturated rings. The molecule has 1 aliphatic heterocycles. The van der Waals surface area contributed by atoms with Crippen LogP contribution in [0.1, 0.15) is 155 Å².